The Kier molecular flexibility index (Phi) is 4.81. The van der Waals surface area contributed by atoms with Crippen molar-refractivity contribution in [1.29, 1.82) is 0 Å². The zero-order chi connectivity index (χ0) is 14.7. The number of rotatable bonds is 3. The summed E-state index contributed by atoms with van der Waals surface area (Å²) >= 11 is 0. The molecule has 2 rings (SSSR count). The lowest BCUT2D eigenvalue weighted by Gasteiger charge is -2.34. The average molecular weight is 274 g/mol. The monoisotopic (exact) mass is 274 g/mol. The molecule has 20 heavy (non-hydrogen) atoms. The van der Waals surface area contributed by atoms with E-state index in [0.29, 0.717) is 18.4 Å². The second kappa shape index (κ2) is 6.40. The first-order valence-corrected chi connectivity index (χ1v) is 7.53. The smallest absolute Gasteiger partial charge is 0.238 e. The zero-order valence-electron chi connectivity index (χ0n) is 13.1. The highest BCUT2D eigenvalue weighted by atomic mass is 16.2. The zero-order valence-corrected chi connectivity index (χ0v) is 13.1. The molecule has 1 amide bonds. The van der Waals surface area contributed by atoms with Crippen LogP contribution in [0.3, 0.4) is 0 Å². The standard InChI is InChI=1S/C17H26N2O/c1-12-5-13(2)8-16(7-12)18-17(20)11-19-9-14(3)6-15(4)10-19/h5,7-8,14-15H,6,9-11H2,1-4H3,(H,18,20). The molecule has 0 spiro atoms. The minimum atomic E-state index is 0.0938. The molecule has 0 saturated carbocycles. The van der Waals surface area contributed by atoms with Gasteiger partial charge in [0.1, 0.15) is 0 Å². The number of carbonyl (C=O) groups is 1. The summed E-state index contributed by atoms with van der Waals surface area (Å²) in [6.45, 7) is 11.2. The number of aryl methyl sites for hydroxylation is 2. The maximum atomic E-state index is 12.2. The highest BCUT2D eigenvalue weighted by molar-refractivity contribution is 5.92. The van der Waals surface area contributed by atoms with Crippen molar-refractivity contribution in [2.45, 2.75) is 34.1 Å². The number of hydrogen-bond acceptors (Lipinski definition) is 2. The van der Waals surface area contributed by atoms with Crippen molar-refractivity contribution < 1.29 is 4.79 Å². The van der Waals surface area contributed by atoms with Crippen molar-refractivity contribution in [1.82, 2.24) is 4.90 Å². The fourth-order valence-electron chi connectivity index (χ4n) is 3.37. The summed E-state index contributed by atoms with van der Waals surface area (Å²) in [4.78, 5) is 14.4. The second-order valence-electron chi connectivity index (χ2n) is 6.56. The summed E-state index contributed by atoms with van der Waals surface area (Å²) in [6, 6.07) is 6.16. The van der Waals surface area contributed by atoms with Gasteiger partial charge in [-0.3, -0.25) is 9.69 Å². The summed E-state index contributed by atoms with van der Waals surface area (Å²) < 4.78 is 0. The predicted molar refractivity (Wildman–Crippen MR) is 83.9 cm³/mol. The summed E-state index contributed by atoms with van der Waals surface area (Å²) in [7, 11) is 0. The molecule has 1 aromatic carbocycles. The first-order chi connectivity index (χ1) is 9.42. The number of nitrogens with one attached hydrogen (secondary N) is 1. The fraction of sp³-hybridized carbons (Fsp3) is 0.588. The topological polar surface area (TPSA) is 32.3 Å². The molecule has 110 valence electrons. The van der Waals surface area contributed by atoms with Crippen LogP contribution in [0.4, 0.5) is 5.69 Å². The van der Waals surface area contributed by atoms with E-state index < -0.39 is 0 Å². The van der Waals surface area contributed by atoms with Gasteiger partial charge in [0, 0.05) is 18.8 Å². The van der Waals surface area contributed by atoms with Crippen molar-refractivity contribution in [2.75, 3.05) is 25.0 Å². The minimum Gasteiger partial charge on any atom is -0.325 e. The summed E-state index contributed by atoms with van der Waals surface area (Å²) in [6.07, 6.45) is 1.27. The van der Waals surface area contributed by atoms with E-state index in [1.54, 1.807) is 0 Å². The number of piperidine rings is 1. The van der Waals surface area contributed by atoms with E-state index in [4.69, 9.17) is 0 Å². The van der Waals surface area contributed by atoms with E-state index in [1.807, 2.05) is 12.1 Å². The van der Waals surface area contributed by atoms with Crippen LogP contribution >= 0.6 is 0 Å². The summed E-state index contributed by atoms with van der Waals surface area (Å²) in [5.41, 5.74) is 3.27. The molecular formula is C17H26N2O. The molecule has 1 aliphatic rings. The first kappa shape index (κ1) is 15.0. The molecule has 3 nitrogen and oxygen atoms in total. The summed E-state index contributed by atoms with van der Waals surface area (Å²) in [5.74, 6) is 1.47. The van der Waals surface area contributed by atoms with E-state index in [0.717, 1.165) is 18.8 Å². The van der Waals surface area contributed by atoms with Crippen LogP contribution in [-0.2, 0) is 4.79 Å². The number of amides is 1. The molecule has 0 bridgehead atoms. The van der Waals surface area contributed by atoms with Gasteiger partial charge in [-0.05, 0) is 55.4 Å². The molecule has 0 aromatic heterocycles. The SMILES string of the molecule is Cc1cc(C)cc(NC(=O)CN2CC(C)CC(C)C2)c1. The van der Waals surface area contributed by atoms with E-state index in [2.05, 4.69) is 44.0 Å². The van der Waals surface area contributed by atoms with Crippen molar-refractivity contribution >= 4 is 11.6 Å². The predicted octanol–water partition coefficient (Wildman–Crippen LogP) is 3.22. The van der Waals surface area contributed by atoms with Gasteiger partial charge in [0.05, 0.1) is 6.54 Å². The molecule has 0 aliphatic carbocycles. The summed E-state index contributed by atoms with van der Waals surface area (Å²) in [5, 5.41) is 3.02. The Bertz CT molecular complexity index is 454. The van der Waals surface area contributed by atoms with Crippen molar-refractivity contribution in [3.05, 3.63) is 29.3 Å². The largest absolute Gasteiger partial charge is 0.325 e. The Labute approximate surface area is 122 Å². The van der Waals surface area contributed by atoms with Gasteiger partial charge in [0.15, 0.2) is 0 Å². The van der Waals surface area contributed by atoms with Gasteiger partial charge in [-0.15, -0.1) is 0 Å². The molecule has 1 fully saturated rings. The Morgan fingerprint density at radius 3 is 2.25 bits per heavy atom. The highest BCUT2D eigenvalue weighted by Crippen LogP contribution is 2.21. The third kappa shape index (κ3) is 4.34. The van der Waals surface area contributed by atoms with Crippen LogP contribution in [0, 0.1) is 25.7 Å². The maximum absolute atomic E-state index is 12.2. The molecule has 1 saturated heterocycles. The van der Waals surface area contributed by atoms with Crippen LogP contribution in [0.25, 0.3) is 0 Å². The van der Waals surface area contributed by atoms with Crippen LogP contribution < -0.4 is 5.32 Å². The molecule has 0 radical (unpaired) electrons. The van der Waals surface area contributed by atoms with Crippen LogP contribution in [0.15, 0.2) is 18.2 Å². The van der Waals surface area contributed by atoms with Gasteiger partial charge in [0.2, 0.25) is 5.91 Å². The van der Waals surface area contributed by atoms with Crippen molar-refractivity contribution in [3.8, 4) is 0 Å². The van der Waals surface area contributed by atoms with Gasteiger partial charge >= 0.3 is 0 Å². The molecule has 2 atom stereocenters. The molecule has 1 N–H and O–H groups in total. The van der Waals surface area contributed by atoms with Gasteiger partial charge in [-0.1, -0.05) is 19.9 Å². The number of carbonyl (C=O) groups excluding carboxylic acids is 1. The minimum absolute atomic E-state index is 0.0938. The Hall–Kier alpha value is -1.35. The lowest BCUT2D eigenvalue weighted by Crippen LogP contribution is -2.42. The maximum Gasteiger partial charge on any atom is 0.238 e. The van der Waals surface area contributed by atoms with Crippen LogP contribution in [0.5, 0.6) is 0 Å². The number of likely N-dealkylation sites (tertiary alicyclic amines) is 1. The molecule has 3 heteroatoms. The molecule has 1 aliphatic heterocycles. The number of benzene rings is 1. The molecular weight excluding hydrogens is 248 g/mol. The molecule has 1 aromatic rings. The van der Waals surface area contributed by atoms with Gasteiger partial charge in [-0.25, -0.2) is 0 Å². The van der Waals surface area contributed by atoms with Crippen molar-refractivity contribution in [2.24, 2.45) is 11.8 Å². The number of nitrogens with zero attached hydrogens (tertiary/aromatic N) is 1. The highest BCUT2D eigenvalue weighted by Gasteiger charge is 2.23. The lowest BCUT2D eigenvalue weighted by atomic mass is 9.92. The van der Waals surface area contributed by atoms with E-state index >= 15 is 0 Å². The van der Waals surface area contributed by atoms with Gasteiger partial charge < -0.3 is 5.32 Å². The van der Waals surface area contributed by atoms with E-state index in [1.165, 1.54) is 17.5 Å². The average Bonchev–Trinajstić information content (AvgIpc) is 2.24. The number of hydrogen-bond donors (Lipinski definition) is 1. The van der Waals surface area contributed by atoms with E-state index in [-0.39, 0.29) is 5.91 Å². The van der Waals surface area contributed by atoms with Gasteiger partial charge in [0.25, 0.3) is 0 Å². The third-order valence-corrected chi connectivity index (χ3v) is 3.82. The molecule has 2 unspecified atom stereocenters. The second-order valence-corrected chi connectivity index (χ2v) is 6.56. The van der Waals surface area contributed by atoms with Crippen LogP contribution in [0.1, 0.15) is 31.4 Å². The normalized spacial score (nSPS) is 23.6. The van der Waals surface area contributed by atoms with E-state index in [9.17, 15) is 4.79 Å². The van der Waals surface area contributed by atoms with Gasteiger partial charge in [-0.2, -0.15) is 0 Å². The number of anilines is 1. The Balaban J connectivity index is 1.92. The van der Waals surface area contributed by atoms with Crippen LogP contribution in [-0.4, -0.2) is 30.4 Å². The Morgan fingerprint density at radius 2 is 1.70 bits per heavy atom. The fourth-order valence-corrected chi connectivity index (χ4v) is 3.37. The van der Waals surface area contributed by atoms with Crippen molar-refractivity contribution in [3.63, 3.8) is 0 Å². The quantitative estimate of drug-likeness (QED) is 0.918. The third-order valence-electron chi connectivity index (χ3n) is 3.82. The first-order valence-electron chi connectivity index (χ1n) is 7.53. The Morgan fingerprint density at radius 1 is 1.15 bits per heavy atom. The van der Waals surface area contributed by atoms with Crippen LogP contribution in [0.2, 0.25) is 0 Å². The lowest BCUT2D eigenvalue weighted by molar-refractivity contribution is -0.117. The molecule has 1 heterocycles.